The van der Waals surface area contributed by atoms with E-state index in [1.165, 1.54) is 0 Å². The van der Waals surface area contributed by atoms with E-state index in [0.717, 1.165) is 5.69 Å². The second-order valence-corrected chi connectivity index (χ2v) is 4.69. The molecule has 1 fully saturated rings. The predicted molar refractivity (Wildman–Crippen MR) is 59.3 cm³/mol. The fourth-order valence-electron chi connectivity index (χ4n) is 1.46. The van der Waals surface area contributed by atoms with Gasteiger partial charge in [-0.15, -0.1) is 0 Å². The van der Waals surface area contributed by atoms with Crippen LogP contribution in [-0.2, 0) is 9.47 Å². The van der Waals surface area contributed by atoms with Crippen molar-refractivity contribution in [2.75, 3.05) is 13.2 Å². The third-order valence-electron chi connectivity index (χ3n) is 2.02. The predicted octanol–water partition coefficient (Wildman–Crippen LogP) is 2.30. The van der Waals surface area contributed by atoms with Gasteiger partial charge in [0, 0.05) is 6.07 Å². The van der Waals surface area contributed by atoms with E-state index in [9.17, 15) is 0 Å². The summed E-state index contributed by atoms with van der Waals surface area (Å²) in [5, 5.41) is 0. The molecule has 0 N–H and O–H groups in total. The Morgan fingerprint density at radius 3 is 2.56 bits per heavy atom. The van der Waals surface area contributed by atoms with Crippen LogP contribution in [0.1, 0.15) is 32.8 Å². The quantitative estimate of drug-likeness (QED) is 0.771. The molecule has 0 spiro atoms. The minimum atomic E-state index is -0.344. The highest BCUT2D eigenvalue weighted by molar-refractivity contribution is 5.17. The molecule has 0 radical (unpaired) electrons. The summed E-state index contributed by atoms with van der Waals surface area (Å²) in [5.41, 5.74) is 0.516. The lowest BCUT2D eigenvalue weighted by Gasteiger charge is -2.21. The lowest BCUT2D eigenvalue weighted by atomic mass is 10.2. The van der Waals surface area contributed by atoms with E-state index in [1.807, 2.05) is 39.0 Å². The van der Waals surface area contributed by atoms with Gasteiger partial charge < -0.3 is 14.2 Å². The van der Waals surface area contributed by atoms with Crippen LogP contribution in [0.2, 0.25) is 0 Å². The molecule has 0 aromatic carbocycles. The molecular weight excluding hydrogens is 206 g/mol. The number of pyridine rings is 1. The SMILES string of the molecule is CC(C)(C)Oc1cccc(C2OCCO2)n1. The molecule has 1 aliphatic heterocycles. The van der Waals surface area contributed by atoms with E-state index in [2.05, 4.69) is 4.98 Å². The van der Waals surface area contributed by atoms with Crippen LogP contribution >= 0.6 is 0 Å². The first-order valence-electron chi connectivity index (χ1n) is 5.44. The van der Waals surface area contributed by atoms with Crippen molar-refractivity contribution in [3.63, 3.8) is 0 Å². The van der Waals surface area contributed by atoms with Crippen molar-refractivity contribution in [3.05, 3.63) is 23.9 Å². The monoisotopic (exact) mass is 223 g/mol. The summed E-state index contributed by atoms with van der Waals surface area (Å²) in [5.74, 6) is 0.601. The summed E-state index contributed by atoms with van der Waals surface area (Å²) in [4.78, 5) is 4.37. The van der Waals surface area contributed by atoms with E-state index in [-0.39, 0.29) is 11.9 Å². The molecule has 0 atom stereocenters. The molecule has 88 valence electrons. The van der Waals surface area contributed by atoms with Crippen molar-refractivity contribution in [2.45, 2.75) is 32.7 Å². The van der Waals surface area contributed by atoms with Gasteiger partial charge in [0.1, 0.15) is 11.3 Å². The topological polar surface area (TPSA) is 40.6 Å². The lowest BCUT2D eigenvalue weighted by molar-refractivity contribution is -0.0479. The average molecular weight is 223 g/mol. The van der Waals surface area contributed by atoms with Crippen LogP contribution in [0.15, 0.2) is 18.2 Å². The molecule has 0 bridgehead atoms. The zero-order valence-electron chi connectivity index (χ0n) is 9.90. The van der Waals surface area contributed by atoms with Crippen LogP contribution in [0, 0.1) is 0 Å². The highest BCUT2D eigenvalue weighted by Crippen LogP contribution is 2.24. The van der Waals surface area contributed by atoms with Gasteiger partial charge in [0.2, 0.25) is 12.2 Å². The van der Waals surface area contributed by atoms with Crippen LogP contribution in [-0.4, -0.2) is 23.8 Å². The molecule has 0 aliphatic carbocycles. The molecule has 4 nitrogen and oxygen atoms in total. The molecule has 1 aromatic rings. The second kappa shape index (κ2) is 4.39. The van der Waals surface area contributed by atoms with Crippen LogP contribution in [0.4, 0.5) is 0 Å². The standard InChI is InChI=1S/C12H17NO3/c1-12(2,3)16-10-6-4-5-9(13-10)11-14-7-8-15-11/h4-6,11H,7-8H2,1-3H3. The molecule has 2 heterocycles. The molecule has 1 aliphatic rings. The van der Waals surface area contributed by atoms with Gasteiger partial charge in [-0.1, -0.05) is 6.07 Å². The third-order valence-corrected chi connectivity index (χ3v) is 2.02. The Kier molecular flexibility index (Phi) is 3.12. The van der Waals surface area contributed by atoms with Crippen LogP contribution < -0.4 is 4.74 Å². The van der Waals surface area contributed by atoms with Crippen molar-refractivity contribution >= 4 is 0 Å². The smallest absolute Gasteiger partial charge is 0.214 e. The van der Waals surface area contributed by atoms with E-state index >= 15 is 0 Å². The van der Waals surface area contributed by atoms with Crippen LogP contribution in [0.25, 0.3) is 0 Å². The van der Waals surface area contributed by atoms with Gasteiger partial charge in [0.15, 0.2) is 0 Å². The van der Waals surface area contributed by atoms with Gasteiger partial charge >= 0.3 is 0 Å². The van der Waals surface area contributed by atoms with E-state index in [1.54, 1.807) is 0 Å². The first-order chi connectivity index (χ1) is 7.54. The van der Waals surface area contributed by atoms with E-state index < -0.39 is 0 Å². The highest BCUT2D eigenvalue weighted by atomic mass is 16.7. The normalized spacial score (nSPS) is 17.7. The Morgan fingerprint density at radius 2 is 1.94 bits per heavy atom. The minimum absolute atomic E-state index is 0.247. The largest absolute Gasteiger partial charge is 0.472 e. The Labute approximate surface area is 95.5 Å². The Hall–Kier alpha value is -1.13. The summed E-state index contributed by atoms with van der Waals surface area (Å²) in [6.07, 6.45) is -0.344. The average Bonchev–Trinajstić information content (AvgIpc) is 2.68. The number of rotatable bonds is 2. The summed E-state index contributed by atoms with van der Waals surface area (Å²) >= 11 is 0. The van der Waals surface area contributed by atoms with Crippen LogP contribution in [0.5, 0.6) is 5.88 Å². The maximum atomic E-state index is 5.68. The number of hydrogen-bond acceptors (Lipinski definition) is 4. The molecule has 0 amide bonds. The van der Waals surface area contributed by atoms with E-state index in [0.29, 0.717) is 19.1 Å². The summed E-state index contributed by atoms with van der Waals surface area (Å²) < 4.78 is 16.4. The zero-order valence-corrected chi connectivity index (χ0v) is 9.90. The van der Waals surface area contributed by atoms with Crippen molar-refractivity contribution in [1.82, 2.24) is 4.98 Å². The van der Waals surface area contributed by atoms with Crippen molar-refractivity contribution in [1.29, 1.82) is 0 Å². The third kappa shape index (κ3) is 2.93. The van der Waals surface area contributed by atoms with Gasteiger partial charge in [-0.25, -0.2) is 4.98 Å². The minimum Gasteiger partial charge on any atom is -0.472 e. The lowest BCUT2D eigenvalue weighted by Crippen LogP contribution is -2.23. The molecule has 0 unspecified atom stereocenters. The van der Waals surface area contributed by atoms with Gasteiger partial charge in [-0.05, 0) is 26.8 Å². The van der Waals surface area contributed by atoms with Gasteiger partial charge in [-0.3, -0.25) is 0 Å². The molecule has 4 heteroatoms. The molecule has 16 heavy (non-hydrogen) atoms. The zero-order chi connectivity index (χ0) is 11.6. The summed E-state index contributed by atoms with van der Waals surface area (Å²) in [6.45, 7) is 7.21. The Morgan fingerprint density at radius 1 is 1.25 bits per heavy atom. The molecule has 1 saturated heterocycles. The number of hydrogen-bond donors (Lipinski definition) is 0. The van der Waals surface area contributed by atoms with Crippen molar-refractivity contribution in [3.8, 4) is 5.88 Å². The molecular formula is C12H17NO3. The molecule has 0 saturated carbocycles. The van der Waals surface area contributed by atoms with Crippen molar-refractivity contribution < 1.29 is 14.2 Å². The first kappa shape index (κ1) is 11.4. The van der Waals surface area contributed by atoms with Gasteiger partial charge in [0.05, 0.1) is 13.2 Å². The summed E-state index contributed by atoms with van der Waals surface area (Å²) in [7, 11) is 0. The first-order valence-corrected chi connectivity index (χ1v) is 5.44. The van der Waals surface area contributed by atoms with Crippen molar-refractivity contribution in [2.24, 2.45) is 0 Å². The summed E-state index contributed by atoms with van der Waals surface area (Å²) in [6, 6.07) is 5.61. The van der Waals surface area contributed by atoms with E-state index in [4.69, 9.17) is 14.2 Å². The number of nitrogens with zero attached hydrogens (tertiary/aromatic N) is 1. The Bertz CT molecular complexity index is 354. The maximum absolute atomic E-state index is 5.68. The molecule has 1 aromatic heterocycles. The second-order valence-electron chi connectivity index (χ2n) is 4.69. The van der Waals surface area contributed by atoms with Gasteiger partial charge in [0.25, 0.3) is 0 Å². The fourth-order valence-corrected chi connectivity index (χ4v) is 1.46. The highest BCUT2D eigenvalue weighted by Gasteiger charge is 2.21. The molecule has 2 rings (SSSR count). The number of ether oxygens (including phenoxy) is 3. The number of aromatic nitrogens is 1. The maximum Gasteiger partial charge on any atom is 0.214 e. The Balaban J connectivity index is 2.12. The van der Waals surface area contributed by atoms with Gasteiger partial charge in [-0.2, -0.15) is 0 Å². The fraction of sp³-hybridized carbons (Fsp3) is 0.583. The van der Waals surface area contributed by atoms with Crippen LogP contribution in [0.3, 0.4) is 0 Å².